The van der Waals surface area contributed by atoms with Gasteiger partial charge in [0.1, 0.15) is 9.84 Å². The first-order chi connectivity index (χ1) is 10.7. The second-order valence-electron chi connectivity index (χ2n) is 6.34. The van der Waals surface area contributed by atoms with Crippen molar-refractivity contribution in [3.8, 4) is 0 Å². The Hall–Kier alpha value is -0.820. The Morgan fingerprint density at radius 1 is 1.26 bits per heavy atom. The van der Waals surface area contributed by atoms with Gasteiger partial charge in [-0.05, 0) is 44.9 Å². The summed E-state index contributed by atoms with van der Waals surface area (Å²) in [5.41, 5.74) is 0.0209. The third kappa shape index (κ3) is 9.81. The maximum atomic E-state index is 11.3. The minimum Gasteiger partial charge on any atom is -0.396 e. The molecular formula is C16H35N3O3S. The van der Waals surface area contributed by atoms with E-state index >= 15 is 0 Å². The molecule has 0 aliphatic rings. The standard InChI is InChI=1S/C16H35N3O3S/c1-6-16(7-2,10-11-20)13-18-15(17-8-3)19-14(4)9-12-23(5,21)22/h14,20H,6-13H2,1-5H3,(H2,17,18,19). The molecule has 1 atom stereocenters. The fourth-order valence-corrected chi connectivity index (χ4v) is 3.19. The number of rotatable bonds is 11. The molecule has 0 heterocycles. The van der Waals surface area contributed by atoms with Gasteiger partial charge in [0.15, 0.2) is 5.96 Å². The van der Waals surface area contributed by atoms with Crippen LogP contribution in [0.3, 0.4) is 0 Å². The molecule has 0 bridgehead atoms. The molecule has 0 aliphatic heterocycles. The van der Waals surface area contributed by atoms with Crippen LogP contribution in [-0.4, -0.2) is 57.2 Å². The molecule has 0 spiro atoms. The molecule has 138 valence electrons. The molecule has 6 nitrogen and oxygen atoms in total. The minimum absolute atomic E-state index is 0.0209. The van der Waals surface area contributed by atoms with Gasteiger partial charge in [0.05, 0.1) is 5.75 Å². The Morgan fingerprint density at radius 2 is 1.87 bits per heavy atom. The van der Waals surface area contributed by atoms with Crippen molar-refractivity contribution in [3.63, 3.8) is 0 Å². The van der Waals surface area contributed by atoms with Gasteiger partial charge in [0.25, 0.3) is 0 Å². The summed E-state index contributed by atoms with van der Waals surface area (Å²) in [5.74, 6) is 0.872. The van der Waals surface area contributed by atoms with E-state index in [1.54, 1.807) is 0 Å². The molecule has 0 saturated carbocycles. The number of aliphatic hydroxyl groups is 1. The molecular weight excluding hydrogens is 314 g/mol. The van der Waals surface area contributed by atoms with E-state index in [2.05, 4.69) is 29.5 Å². The van der Waals surface area contributed by atoms with Crippen LogP contribution in [0.2, 0.25) is 0 Å². The lowest BCUT2D eigenvalue weighted by molar-refractivity contribution is 0.175. The maximum absolute atomic E-state index is 11.3. The quantitative estimate of drug-likeness (QED) is 0.389. The third-order valence-electron chi connectivity index (χ3n) is 4.36. The number of hydrogen-bond acceptors (Lipinski definition) is 4. The summed E-state index contributed by atoms with van der Waals surface area (Å²) in [4.78, 5) is 4.66. The molecule has 0 aromatic carbocycles. The normalized spacial score (nSPS) is 14.6. The molecule has 0 fully saturated rings. The van der Waals surface area contributed by atoms with Crippen LogP contribution >= 0.6 is 0 Å². The Kier molecular flexibility index (Phi) is 10.5. The summed E-state index contributed by atoms with van der Waals surface area (Å²) in [5, 5.41) is 15.8. The second-order valence-corrected chi connectivity index (χ2v) is 8.60. The van der Waals surface area contributed by atoms with Crippen LogP contribution in [0.15, 0.2) is 4.99 Å². The fourth-order valence-electron chi connectivity index (χ4n) is 2.41. The van der Waals surface area contributed by atoms with Crippen molar-refractivity contribution >= 4 is 15.8 Å². The lowest BCUT2D eigenvalue weighted by atomic mass is 9.79. The van der Waals surface area contributed by atoms with E-state index < -0.39 is 9.84 Å². The van der Waals surface area contributed by atoms with Crippen molar-refractivity contribution in [2.45, 2.75) is 59.4 Å². The zero-order valence-corrected chi connectivity index (χ0v) is 16.2. The van der Waals surface area contributed by atoms with Crippen molar-refractivity contribution in [2.75, 3.05) is 31.7 Å². The van der Waals surface area contributed by atoms with Crippen molar-refractivity contribution in [3.05, 3.63) is 0 Å². The lowest BCUT2D eigenvalue weighted by Crippen LogP contribution is -2.43. The van der Waals surface area contributed by atoms with Crippen LogP contribution in [0.25, 0.3) is 0 Å². The lowest BCUT2D eigenvalue weighted by Gasteiger charge is -2.30. The Balaban J connectivity index is 4.81. The number of nitrogens with one attached hydrogen (secondary N) is 2. The highest BCUT2D eigenvalue weighted by Crippen LogP contribution is 2.30. The molecule has 0 radical (unpaired) electrons. The molecule has 0 aliphatic carbocycles. The van der Waals surface area contributed by atoms with Crippen molar-refractivity contribution in [1.82, 2.24) is 10.6 Å². The van der Waals surface area contributed by atoms with Gasteiger partial charge in [-0.15, -0.1) is 0 Å². The highest BCUT2D eigenvalue weighted by molar-refractivity contribution is 7.90. The molecule has 3 N–H and O–H groups in total. The monoisotopic (exact) mass is 349 g/mol. The topological polar surface area (TPSA) is 90.8 Å². The van der Waals surface area contributed by atoms with Crippen molar-refractivity contribution < 1.29 is 13.5 Å². The summed E-state index contributed by atoms with van der Waals surface area (Å²) < 4.78 is 22.5. The Labute approximate surface area is 142 Å². The van der Waals surface area contributed by atoms with Gasteiger partial charge >= 0.3 is 0 Å². The number of hydrogen-bond donors (Lipinski definition) is 3. The van der Waals surface area contributed by atoms with E-state index in [4.69, 9.17) is 0 Å². The first-order valence-electron chi connectivity index (χ1n) is 8.55. The molecule has 0 aromatic heterocycles. The molecule has 0 saturated heterocycles. The average molecular weight is 350 g/mol. The molecule has 0 amide bonds. The summed E-state index contributed by atoms with van der Waals surface area (Å²) in [6, 6.07) is 0.0259. The Morgan fingerprint density at radius 3 is 2.30 bits per heavy atom. The van der Waals surface area contributed by atoms with Crippen LogP contribution in [0.5, 0.6) is 0 Å². The van der Waals surface area contributed by atoms with Gasteiger partial charge in [-0.3, -0.25) is 4.99 Å². The fraction of sp³-hybridized carbons (Fsp3) is 0.938. The van der Waals surface area contributed by atoms with Gasteiger partial charge in [-0.1, -0.05) is 13.8 Å². The van der Waals surface area contributed by atoms with Crippen molar-refractivity contribution in [1.29, 1.82) is 0 Å². The summed E-state index contributed by atoms with van der Waals surface area (Å²) in [6.45, 7) is 9.78. The van der Waals surface area contributed by atoms with Crippen LogP contribution in [0.4, 0.5) is 0 Å². The first-order valence-corrected chi connectivity index (χ1v) is 10.6. The van der Waals surface area contributed by atoms with Crippen LogP contribution in [-0.2, 0) is 9.84 Å². The van der Waals surface area contributed by atoms with Crippen LogP contribution in [0.1, 0.15) is 53.4 Å². The largest absolute Gasteiger partial charge is 0.396 e. The molecule has 1 unspecified atom stereocenters. The number of sulfone groups is 1. The minimum atomic E-state index is -2.95. The van der Waals surface area contributed by atoms with Gasteiger partial charge in [-0.25, -0.2) is 8.42 Å². The number of guanidine groups is 1. The first kappa shape index (κ1) is 22.2. The van der Waals surface area contributed by atoms with Crippen LogP contribution in [0, 0.1) is 5.41 Å². The summed E-state index contributed by atoms with van der Waals surface area (Å²) >= 11 is 0. The molecule has 0 rings (SSSR count). The predicted molar refractivity (Wildman–Crippen MR) is 97.6 cm³/mol. The van der Waals surface area contributed by atoms with E-state index in [0.29, 0.717) is 18.9 Å². The zero-order chi connectivity index (χ0) is 17.9. The van der Waals surface area contributed by atoms with E-state index in [1.165, 1.54) is 6.26 Å². The molecule has 7 heteroatoms. The van der Waals surface area contributed by atoms with Gasteiger partial charge < -0.3 is 15.7 Å². The van der Waals surface area contributed by atoms with Gasteiger partial charge in [0.2, 0.25) is 0 Å². The smallest absolute Gasteiger partial charge is 0.191 e. The van der Waals surface area contributed by atoms with Crippen molar-refractivity contribution in [2.24, 2.45) is 10.4 Å². The number of nitrogens with zero attached hydrogens (tertiary/aromatic N) is 1. The molecule has 23 heavy (non-hydrogen) atoms. The Bertz CT molecular complexity index is 445. The van der Waals surface area contributed by atoms with E-state index in [0.717, 1.165) is 25.8 Å². The number of aliphatic hydroxyl groups excluding tert-OH is 1. The third-order valence-corrected chi connectivity index (χ3v) is 5.34. The van der Waals surface area contributed by atoms with Crippen LogP contribution < -0.4 is 10.6 Å². The van der Waals surface area contributed by atoms with E-state index in [1.807, 2.05) is 13.8 Å². The SMILES string of the molecule is CCNC(=NCC(CC)(CC)CCO)NC(C)CCS(C)(=O)=O. The average Bonchev–Trinajstić information content (AvgIpc) is 2.49. The highest BCUT2D eigenvalue weighted by Gasteiger charge is 2.25. The molecule has 0 aromatic rings. The predicted octanol–water partition coefficient (Wildman–Crippen LogP) is 1.55. The second kappa shape index (κ2) is 10.9. The number of aliphatic imine (C=N–C) groups is 1. The summed E-state index contributed by atoms with van der Waals surface area (Å²) in [6.07, 6.45) is 4.48. The summed E-state index contributed by atoms with van der Waals surface area (Å²) in [7, 11) is -2.95. The maximum Gasteiger partial charge on any atom is 0.191 e. The van der Waals surface area contributed by atoms with E-state index in [-0.39, 0.29) is 23.8 Å². The van der Waals surface area contributed by atoms with Gasteiger partial charge in [-0.2, -0.15) is 0 Å². The van der Waals surface area contributed by atoms with Gasteiger partial charge in [0, 0.05) is 32.0 Å². The van der Waals surface area contributed by atoms with E-state index in [9.17, 15) is 13.5 Å². The highest BCUT2D eigenvalue weighted by atomic mass is 32.2. The zero-order valence-electron chi connectivity index (χ0n) is 15.4.